The molecular weight excluding hydrogens is 232 g/mol. The Bertz CT molecular complexity index is 434. The smallest absolute Gasteiger partial charge is 0.211 e. The molecule has 0 spiro atoms. The van der Waals surface area contributed by atoms with E-state index in [0.29, 0.717) is 6.42 Å². The van der Waals surface area contributed by atoms with Gasteiger partial charge in [-0.3, -0.25) is 0 Å². The van der Waals surface area contributed by atoms with Crippen LogP contribution in [0.15, 0.2) is 23.3 Å². The number of hydrogen-bond donors (Lipinski definition) is 0. The lowest BCUT2D eigenvalue weighted by molar-refractivity contribution is 0.558. The standard InChI is InChI=1S/C11H15ClO2S/c1-11(15(12,13)14)7-6-9-4-2-3-5-10(9)8-11/h6-7H,2-5,8H2,1H3. The molecule has 0 aliphatic heterocycles. The topological polar surface area (TPSA) is 34.1 Å². The van der Waals surface area contributed by atoms with E-state index in [9.17, 15) is 8.42 Å². The molecule has 0 fully saturated rings. The van der Waals surface area contributed by atoms with E-state index in [1.54, 1.807) is 13.0 Å². The van der Waals surface area contributed by atoms with Gasteiger partial charge in [0.1, 0.15) is 4.75 Å². The Morgan fingerprint density at radius 1 is 1.33 bits per heavy atom. The lowest BCUT2D eigenvalue weighted by Crippen LogP contribution is -2.32. The molecule has 4 heteroatoms. The summed E-state index contributed by atoms with van der Waals surface area (Å²) in [6.07, 6.45) is 8.78. The molecule has 84 valence electrons. The number of hydrogen-bond acceptors (Lipinski definition) is 2. The van der Waals surface area contributed by atoms with Crippen LogP contribution in [0.25, 0.3) is 0 Å². The highest BCUT2D eigenvalue weighted by Gasteiger charge is 2.38. The van der Waals surface area contributed by atoms with Gasteiger partial charge in [0.2, 0.25) is 9.05 Å². The van der Waals surface area contributed by atoms with Crippen LogP contribution in [0.3, 0.4) is 0 Å². The minimum absolute atomic E-state index is 0.574. The first-order chi connectivity index (χ1) is 6.92. The third-order valence-corrected chi connectivity index (χ3v) is 5.84. The second-order valence-corrected chi connectivity index (χ2v) is 7.62. The summed E-state index contributed by atoms with van der Waals surface area (Å²) in [7, 11) is 1.96. The van der Waals surface area contributed by atoms with Crippen molar-refractivity contribution in [1.82, 2.24) is 0 Å². The summed E-state index contributed by atoms with van der Waals surface area (Å²) in [5.41, 5.74) is 2.62. The molecule has 2 aliphatic carbocycles. The van der Waals surface area contributed by atoms with E-state index < -0.39 is 13.8 Å². The molecule has 15 heavy (non-hydrogen) atoms. The van der Waals surface area contributed by atoms with Gasteiger partial charge >= 0.3 is 0 Å². The maximum absolute atomic E-state index is 11.5. The van der Waals surface area contributed by atoms with Crippen LogP contribution in [0.5, 0.6) is 0 Å². The first kappa shape index (κ1) is 11.2. The Hall–Kier alpha value is -0.280. The molecule has 2 nitrogen and oxygen atoms in total. The van der Waals surface area contributed by atoms with Crippen molar-refractivity contribution in [3.8, 4) is 0 Å². The third kappa shape index (κ3) is 2.00. The SMILES string of the molecule is CC1(S(=O)(=O)Cl)C=CC2=C(CCCC2)C1. The van der Waals surface area contributed by atoms with E-state index in [1.165, 1.54) is 24.0 Å². The minimum atomic E-state index is -3.52. The van der Waals surface area contributed by atoms with Crippen LogP contribution in [0.4, 0.5) is 0 Å². The highest BCUT2D eigenvalue weighted by molar-refractivity contribution is 8.15. The maximum atomic E-state index is 11.5. The van der Waals surface area contributed by atoms with Gasteiger partial charge in [0, 0.05) is 10.7 Å². The maximum Gasteiger partial charge on any atom is 0.241 e. The Labute approximate surface area is 95.4 Å². The van der Waals surface area contributed by atoms with Gasteiger partial charge in [-0.25, -0.2) is 8.42 Å². The van der Waals surface area contributed by atoms with Crippen molar-refractivity contribution in [3.05, 3.63) is 23.3 Å². The quantitative estimate of drug-likeness (QED) is 0.666. The summed E-state index contributed by atoms with van der Waals surface area (Å²) in [5.74, 6) is 0. The predicted octanol–water partition coefficient (Wildman–Crippen LogP) is 3.14. The van der Waals surface area contributed by atoms with E-state index in [0.717, 1.165) is 12.8 Å². The molecule has 1 atom stereocenters. The van der Waals surface area contributed by atoms with E-state index >= 15 is 0 Å². The summed E-state index contributed by atoms with van der Waals surface area (Å²) in [6.45, 7) is 1.70. The summed E-state index contributed by atoms with van der Waals surface area (Å²) in [5, 5.41) is 0. The Balaban J connectivity index is 2.34. The van der Waals surface area contributed by atoms with Gasteiger partial charge in [0.25, 0.3) is 0 Å². The van der Waals surface area contributed by atoms with Crippen LogP contribution >= 0.6 is 10.7 Å². The zero-order chi connectivity index (χ0) is 11.1. The van der Waals surface area contributed by atoms with Gasteiger partial charge < -0.3 is 0 Å². The molecule has 0 amide bonds. The highest BCUT2D eigenvalue weighted by atomic mass is 35.7. The lowest BCUT2D eigenvalue weighted by Gasteiger charge is -2.31. The second-order valence-electron chi connectivity index (χ2n) is 4.60. The second kappa shape index (κ2) is 3.63. The van der Waals surface area contributed by atoms with E-state index in [-0.39, 0.29) is 0 Å². The van der Waals surface area contributed by atoms with Gasteiger partial charge in [-0.15, -0.1) is 0 Å². The molecule has 0 radical (unpaired) electrons. The van der Waals surface area contributed by atoms with Crippen molar-refractivity contribution in [2.45, 2.75) is 43.8 Å². The zero-order valence-corrected chi connectivity index (χ0v) is 10.4. The fraction of sp³-hybridized carbons (Fsp3) is 0.636. The van der Waals surface area contributed by atoms with Crippen molar-refractivity contribution in [2.24, 2.45) is 0 Å². The molecule has 1 unspecified atom stereocenters. The van der Waals surface area contributed by atoms with Crippen molar-refractivity contribution in [1.29, 1.82) is 0 Å². The van der Waals surface area contributed by atoms with Gasteiger partial charge in [-0.1, -0.05) is 17.7 Å². The zero-order valence-electron chi connectivity index (χ0n) is 8.79. The van der Waals surface area contributed by atoms with E-state index in [4.69, 9.17) is 10.7 Å². The Morgan fingerprint density at radius 3 is 2.67 bits per heavy atom. The predicted molar refractivity (Wildman–Crippen MR) is 62.4 cm³/mol. The molecule has 0 heterocycles. The number of halogens is 1. The van der Waals surface area contributed by atoms with Crippen LogP contribution in [0, 0.1) is 0 Å². The molecule has 0 saturated heterocycles. The fourth-order valence-corrected chi connectivity index (χ4v) is 3.22. The van der Waals surface area contributed by atoms with Crippen LogP contribution < -0.4 is 0 Å². The fourth-order valence-electron chi connectivity index (χ4n) is 2.32. The van der Waals surface area contributed by atoms with Crippen LogP contribution in [0.1, 0.15) is 39.0 Å². The highest BCUT2D eigenvalue weighted by Crippen LogP contribution is 2.40. The molecule has 0 aromatic carbocycles. The third-order valence-electron chi connectivity index (χ3n) is 3.39. The minimum Gasteiger partial charge on any atom is -0.211 e. The first-order valence-electron chi connectivity index (χ1n) is 5.27. The van der Waals surface area contributed by atoms with Crippen LogP contribution in [-0.2, 0) is 9.05 Å². The van der Waals surface area contributed by atoms with Gasteiger partial charge in [-0.05, 0) is 44.6 Å². The van der Waals surface area contributed by atoms with Crippen molar-refractivity contribution in [2.75, 3.05) is 0 Å². The average Bonchev–Trinajstić information content (AvgIpc) is 2.16. The van der Waals surface area contributed by atoms with Crippen LogP contribution in [-0.4, -0.2) is 13.2 Å². The summed E-state index contributed by atoms with van der Waals surface area (Å²) in [6, 6.07) is 0. The normalized spacial score (nSPS) is 31.6. The Morgan fingerprint density at radius 2 is 2.00 bits per heavy atom. The summed E-state index contributed by atoms with van der Waals surface area (Å²) < 4.78 is 22.1. The monoisotopic (exact) mass is 246 g/mol. The molecule has 0 saturated carbocycles. The molecule has 0 aromatic rings. The number of allylic oxidation sites excluding steroid dienone is 3. The van der Waals surface area contributed by atoms with Gasteiger partial charge in [0.15, 0.2) is 0 Å². The van der Waals surface area contributed by atoms with Gasteiger partial charge in [-0.2, -0.15) is 0 Å². The van der Waals surface area contributed by atoms with Crippen molar-refractivity contribution >= 4 is 19.7 Å². The van der Waals surface area contributed by atoms with Crippen molar-refractivity contribution in [3.63, 3.8) is 0 Å². The van der Waals surface area contributed by atoms with E-state index in [2.05, 4.69) is 0 Å². The molecule has 2 aliphatic rings. The summed E-state index contributed by atoms with van der Waals surface area (Å²) in [4.78, 5) is 0. The first-order valence-corrected chi connectivity index (χ1v) is 7.58. The molecule has 2 rings (SSSR count). The largest absolute Gasteiger partial charge is 0.241 e. The Kier molecular flexibility index (Phi) is 2.72. The van der Waals surface area contributed by atoms with Gasteiger partial charge in [0.05, 0.1) is 0 Å². The number of rotatable bonds is 1. The average molecular weight is 247 g/mol. The van der Waals surface area contributed by atoms with E-state index in [1.807, 2.05) is 6.08 Å². The molecular formula is C11H15ClO2S. The molecule has 0 N–H and O–H groups in total. The summed E-state index contributed by atoms with van der Waals surface area (Å²) >= 11 is 0. The molecule has 0 aromatic heterocycles. The van der Waals surface area contributed by atoms with Crippen LogP contribution in [0.2, 0.25) is 0 Å². The van der Waals surface area contributed by atoms with Crippen molar-refractivity contribution < 1.29 is 8.42 Å². The molecule has 0 bridgehead atoms. The lowest BCUT2D eigenvalue weighted by atomic mass is 9.82.